The van der Waals surface area contributed by atoms with E-state index in [1.807, 2.05) is 37.3 Å². The summed E-state index contributed by atoms with van der Waals surface area (Å²) in [6.07, 6.45) is 0. The zero-order chi connectivity index (χ0) is 18.5. The van der Waals surface area contributed by atoms with E-state index in [0.717, 1.165) is 5.56 Å². The van der Waals surface area contributed by atoms with Gasteiger partial charge < -0.3 is 15.2 Å². The molecule has 1 aromatic heterocycles. The van der Waals surface area contributed by atoms with Gasteiger partial charge in [-0.2, -0.15) is 0 Å². The zero-order valence-electron chi connectivity index (χ0n) is 14.5. The zero-order valence-corrected chi connectivity index (χ0v) is 14.5. The molecule has 0 spiro atoms. The van der Waals surface area contributed by atoms with Crippen molar-refractivity contribution in [2.45, 2.75) is 19.9 Å². The summed E-state index contributed by atoms with van der Waals surface area (Å²) in [6, 6.07) is 17.7. The van der Waals surface area contributed by atoms with Crippen LogP contribution in [0.5, 0.6) is 0 Å². The van der Waals surface area contributed by atoms with Gasteiger partial charge in [-0.05, 0) is 37.6 Å². The van der Waals surface area contributed by atoms with Crippen molar-refractivity contribution >= 4 is 17.6 Å². The van der Waals surface area contributed by atoms with Crippen molar-refractivity contribution in [1.82, 2.24) is 10.5 Å². The average molecular weight is 349 g/mol. The molecular formula is C20H19N3O3. The summed E-state index contributed by atoms with van der Waals surface area (Å²) in [5.74, 6) is 0.334. The van der Waals surface area contributed by atoms with E-state index < -0.39 is 0 Å². The number of hydrogen-bond acceptors (Lipinski definition) is 4. The third-order valence-electron chi connectivity index (χ3n) is 3.90. The molecule has 0 fully saturated rings. The van der Waals surface area contributed by atoms with Gasteiger partial charge in [0, 0.05) is 17.2 Å². The Morgan fingerprint density at radius 2 is 1.65 bits per heavy atom. The van der Waals surface area contributed by atoms with Gasteiger partial charge in [0.05, 0.1) is 6.04 Å². The molecule has 3 aromatic rings. The van der Waals surface area contributed by atoms with Crippen LogP contribution in [0.4, 0.5) is 5.82 Å². The number of nitrogens with one attached hydrogen (secondary N) is 2. The van der Waals surface area contributed by atoms with Crippen LogP contribution in [0.2, 0.25) is 0 Å². The number of benzene rings is 2. The summed E-state index contributed by atoms with van der Waals surface area (Å²) in [5.41, 5.74) is 1.79. The Balaban J connectivity index is 1.70. The number of nitrogens with zero attached hydrogens (tertiary/aromatic N) is 1. The lowest BCUT2D eigenvalue weighted by Gasteiger charge is -2.14. The van der Waals surface area contributed by atoms with Gasteiger partial charge in [0.2, 0.25) is 0 Å². The number of amides is 2. The van der Waals surface area contributed by atoms with Crippen LogP contribution in [0.25, 0.3) is 0 Å². The van der Waals surface area contributed by atoms with Gasteiger partial charge in [-0.15, -0.1) is 0 Å². The number of carbonyl (C=O) groups excluding carboxylic acids is 2. The molecule has 1 atom stereocenters. The highest BCUT2D eigenvalue weighted by atomic mass is 16.5. The number of hydrogen-bond donors (Lipinski definition) is 2. The standard InChI is InChI=1S/C20H19N3O3/c1-13-11-18(23-26-13)22-20(25)17-10-6-9-16(12-17)19(24)21-14(2)15-7-4-3-5-8-15/h3-12,14H,1-2H3,(H,21,24)(H,22,23,25). The molecule has 1 heterocycles. The normalized spacial score (nSPS) is 11.6. The largest absolute Gasteiger partial charge is 0.360 e. The van der Waals surface area contributed by atoms with Crippen molar-refractivity contribution in [3.8, 4) is 0 Å². The highest BCUT2D eigenvalue weighted by Crippen LogP contribution is 2.14. The van der Waals surface area contributed by atoms with E-state index in [2.05, 4.69) is 15.8 Å². The van der Waals surface area contributed by atoms with Crippen LogP contribution >= 0.6 is 0 Å². The summed E-state index contributed by atoms with van der Waals surface area (Å²) in [6.45, 7) is 3.65. The molecule has 0 aliphatic rings. The van der Waals surface area contributed by atoms with Crippen LogP contribution in [0.1, 0.15) is 45.0 Å². The molecule has 1 unspecified atom stereocenters. The molecule has 2 aromatic carbocycles. The van der Waals surface area contributed by atoms with E-state index in [4.69, 9.17) is 4.52 Å². The topological polar surface area (TPSA) is 84.2 Å². The Kier molecular flexibility index (Phi) is 5.12. The smallest absolute Gasteiger partial charge is 0.256 e. The molecule has 2 amide bonds. The Labute approximate surface area is 151 Å². The fraction of sp³-hybridized carbons (Fsp3) is 0.150. The molecule has 26 heavy (non-hydrogen) atoms. The lowest BCUT2D eigenvalue weighted by molar-refractivity contribution is 0.0940. The third kappa shape index (κ3) is 4.16. The second-order valence-corrected chi connectivity index (χ2v) is 5.96. The Bertz CT molecular complexity index is 919. The fourth-order valence-electron chi connectivity index (χ4n) is 2.52. The molecule has 0 aliphatic carbocycles. The summed E-state index contributed by atoms with van der Waals surface area (Å²) in [7, 11) is 0. The van der Waals surface area contributed by atoms with Crippen LogP contribution in [0.15, 0.2) is 65.2 Å². The van der Waals surface area contributed by atoms with Crippen LogP contribution in [0.3, 0.4) is 0 Å². The van der Waals surface area contributed by atoms with E-state index in [9.17, 15) is 9.59 Å². The van der Waals surface area contributed by atoms with Crippen LogP contribution in [-0.4, -0.2) is 17.0 Å². The number of carbonyl (C=O) groups is 2. The highest BCUT2D eigenvalue weighted by Gasteiger charge is 2.14. The SMILES string of the molecule is Cc1cc(NC(=O)c2cccc(C(=O)NC(C)c3ccccc3)c2)no1. The summed E-state index contributed by atoms with van der Waals surface area (Å²) in [4.78, 5) is 24.8. The Morgan fingerprint density at radius 1 is 0.962 bits per heavy atom. The van der Waals surface area contributed by atoms with Gasteiger partial charge in [-0.25, -0.2) is 0 Å². The first-order valence-corrected chi connectivity index (χ1v) is 8.23. The van der Waals surface area contributed by atoms with Crippen molar-refractivity contribution in [2.24, 2.45) is 0 Å². The van der Waals surface area contributed by atoms with Gasteiger partial charge in [0.1, 0.15) is 5.76 Å². The third-order valence-corrected chi connectivity index (χ3v) is 3.90. The van der Waals surface area contributed by atoms with Crippen LogP contribution < -0.4 is 10.6 Å². The minimum absolute atomic E-state index is 0.140. The maximum atomic E-state index is 12.5. The molecule has 6 heteroatoms. The van der Waals surface area contributed by atoms with Crippen molar-refractivity contribution in [1.29, 1.82) is 0 Å². The maximum Gasteiger partial charge on any atom is 0.256 e. The second kappa shape index (κ2) is 7.65. The summed E-state index contributed by atoms with van der Waals surface area (Å²) >= 11 is 0. The molecule has 6 nitrogen and oxygen atoms in total. The quantitative estimate of drug-likeness (QED) is 0.735. The van der Waals surface area contributed by atoms with Crippen molar-refractivity contribution in [3.63, 3.8) is 0 Å². The van der Waals surface area contributed by atoms with Crippen molar-refractivity contribution in [3.05, 3.63) is 83.1 Å². The highest BCUT2D eigenvalue weighted by molar-refractivity contribution is 6.05. The number of aromatic nitrogens is 1. The van der Waals surface area contributed by atoms with Gasteiger partial charge in [-0.1, -0.05) is 41.6 Å². The summed E-state index contributed by atoms with van der Waals surface area (Å²) in [5, 5.41) is 9.30. The lowest BCUT2D eigenvalue weighted by Crippen LogP contribution is -2.27. The van der Waals surface area contributed by atoms with Gasteiger partial charge in [0.15, 0.2) is 5.82 Å². The van der Waals surface area contributed by atoms with Gasteiger partial charge in [0.25, 0.3) is 11.8 Å². The van der Waals surface area contributed by atoms with Gasteiger partial charge in [-0.3, -0.25) is 9.59 Å². The van der Waals surface area contributed by atoms with Crippen molar-refractivity contribution in [2.75, 3.05) is 5.32 Å². The predicted molar refractivity (Wildman–Crippen MR) is 98.0 cm³/mol. The van der Waals surface area contributed by atoms with Gasteiger partial charge >= 0.3 is 0 Å². The van der Waals surface area contributed by atoms with Crippen molar-refractivity contribution < 1.29 is 14.1 Å². The lowest BCUT2D eigenvalue weighted by atomic mass is 10.1. The molecule has 3 rings (SSSR count). The number of aryl methyl sites for hydroxylation is 1. The fourth-order valence-corrected chi connectivity index (χ4v) is 2.52. The second-order valence-electron chi connectivity index (χ2n) is 5.96. The molecule has 0 aliphatic heterocycles. The predicted octanol–water partition coefficient (Wildman–Crippen LogP) is 3.73. The summed E-state index contributed by atoms with van der Waals surface area (Å²) < 4.78 is 4.92. The average Bonchev–Trinajstić information content (AvgIpc) is 3.07. The van der Waals surface area contributed by atoms with E-state index >= 15 is 0 Å². The van der Waals surface area contributed by atoms with E-state index in [-0.39, 0.29) is 17.9 Å². The molecule has 0 saturated carbocycles. The first-order chi connectivity index (χ1) is 12.5. The van der Waals surface area contributed by atoms with E-state index in [1.54, 1.807) is 37.3 Å². The first kappa shape index (κ1) is 17.4. The molecule has 0 saturated heterocycles. The molecule has 132 valence electrons. The first-order valence-electron chi connectivity index (χ1n) is 8.23. The van der Waals surface area contributed by atoms with Crippen LogP contribution in [-0.2, 0) is 0 Å². The minimum atomic E-state index is -0.357. The molecular weight excluding hydrogens is 330 g/mol. The Morgan fingerprint density at radius 3 is 2.31 bits per heavy atom. The maximum absolute atomic E-state index is 12.5. The molecule has 0 radical (unpaired) electrons. The van der Waals surface area contributed by atoms with E-state index in [0.29, 0.717) is 22.7 Å². The minimum Gasteiger partial charge on any atom is -0.360 e. The molecule has 2 N–H and O–H groups in total. The number of anilines is 1. The Hall–Kier alpha value is -3.41. The van der Waals surface area contributed by atoms with Crippen LogP contribution in [0, 0.1) is 6.92 Å². The monoisotopic (exact) mass is 349 g/mol. The number of rotatable bonds is 5. The van der Waals surface area contributed by atoms with E-state index in [1.165, 1.54) is 0 Å². The molecule has 0 bridgehead atoms.